The van der Waals surface area contributed by atoms with Crippen LogP contribution in [-0.2, 0) is 4.79 Å². The Morgan fingerprint density at radius 1 is 1.36 bits per heavy atom. The Labute approximate surface area is 68.5 Å². The van der Waals surface area contributed by atoms with E-state index in [9.17, 15) is 4.79 Å². The standard InChI is InChI=1S/C10H16O/c1-9(11)7-8-10-5-3-2-4-6-10/h8H,2-7H2,1H3. The van der Waals surface area contributed by atoms with Crippen molar-refractivity contribution < 1.29 is 4.79 Å². The summed E-state index contributed by atoms with van der Waals surface area (Å²) in [5.41, 5.74) is 1.51. The van der Waals surface area contributed by atoms with Gasteiger partial charge in [0.25, 0.3) is 0 Å². The number of rotatable bonds is 2. The van der Waals surface area contributed by atoms with E-state index >= 15 is 0 Å². The predicted molar refractivity (Wildman–Crippen MR) is 46.5 cm³/mol. The lowest BCUT2D eigenvalue weighted by Crippen LogP contribution is -1.95. The summed E-state index contributed by atoms with van der Waals surface area (Å²) in [5, 5.41) is 0. The molecule has 0 atom stereocenters. The summed E-state index contributed by atoms with van der Waals surface area (Å²) >= 11 is 0. The zero-order chi connectivity index (χ0) is 8.10. The van der Waals surface area contributed by atoms with E-state index in [1.807, 2.05) is 0 Å². The van der Waals surface area contributed by atoms with E-state index in [-0.39, 0.29) is 5.78 Å². The Kier molecular flexibility index (Phi) is 3.34. The molecule has 1 aliphatic rings. The fraction of sp³-hybridized carbons (Fsp3) is 0.700. The average molecular weight is 152 g/mol. The number of carbonyl (C=O) groups excluding carboxylic acids is 1. The molecule has 0 aromatic carbocycles. The van der Waals surface area contributed by atoms with E-state index in [1.54, 1.807) is 6.92 Å². The predicted octanol–water partition coefficient (Wildman–Crippen LogP) is 2.86. The lowest BCUT2D eigenvalue weighted by Gasteiger charge is -2.12. The van der Waals surface area contributed by atoms with Crippen molar-refractivity contribution in [3.8, 4) is 0 Å². The van der Waals surface area contributed by atoms with Gasteiger partial charge in [0.2, 0.25) is 0 Å². The second-order valence-electron chi connectivity index (χ2n) is 3.33. The van der Waals surface area contributed by atoms with Gasteiger partial charge in [-0.3, -0.25) is 4.79 Å². The summed E-state index contributed by atoms with van der Waals surface area (Å²) in [4.78, 5) is 10.6. The summed E-state index contributed by atoms with van der Waals surface area (Å²) < 4.78 is 0. The lowest BCUT2D eigenvalue weighted by molar-refractivity contribution is -0.116. The van der Waals surface area contributed by atoms with Crippen LogP contribution in [0.4, 0.5) is 0 Å². The first-order chi connectivity index (χ1) is 5.29. The molecule has 0 saturated heterocycles. The van der Waals surface area contributed by atoms with Crippen molar-refractivity contribution in [2.24, 2.45) is 0 Å². The van der Waals surface area contributed by atoms with Gasteiger partial charge in [0.15, 0.2) is 0 Å². The third-order valence-corrected chi connectivity index (χ3v) is 2.17. The van der Waals surface area contributed by atoms with Gasteiger partial charge in [0.05, 0.1) is 0 Å². The van der Waals surface area contributed by atoms with Crippen molar-refractivity contribution in [1.82, 2.24) is 0 Å². The molecular formula is C10H16O. The van der Waals surface area contributed by atoms with Gasteiger partial charge in [0.1, 0.15) is 5.78 Å². The minimum absolute atomic E-state index is 0.281. The Morgan fingerprint density at radius 2 is 2.00 bits per heavy atom. The molecule has 0 unspecified atom stereocenters. The van der Waals surface area contributed by atoms with Crippen LogP contribution in [0.1, 0.15) is 45.4 Å². The molecule has 0 heterocycles. The van der Waals surface area contributed by atoms with E-state index < -0.39 is 0 Å². The van der Waals surface area contributed by atoms with Gasteiger partial charge in [-0.15, -0.1) is 0 Å². The molecule has 1 fully saturated rings. The van der Waals surface area contributed by atoms with Crippen molar-refractivity contribution in [3.63, 3.8) is 0 Å². The maximum Gasteiger partial charge on any atom is 0.133 e. The van der Waals surface area contributed by atoms with Crippen LogP contribution in [0.2, 0.25) is 0 Å². The van der Waals surface area contributed by atoms with Crippen LogP contribution < -0.4 is 0 Å². The molecule has 1 saturated carbocycles. The van der Waals surface area contributed by atoms with Crippen molar-refractivity contribution in [3.05, 3.63) is 11.6 Å². The van der Waals surface area contributed by atoms with Crippen molar-refractivity contribution in [1.29, 1.82) is 0 Å². The molecule has 1 heteroatoms. The van der Waals surface area contributed by atoms with Crippen LogP contribution in [0.5, 0.6) is 0 Å². The van der Waals surface area contributed by atoms with Gasteiger partial charge < -0.3 is 0 Å². The highest BCUT2D eigenvalue weighted by Gasteiger charge is 2.04. The van der Waals surface area contributed by atoms with Crippen LogP contribution in [0.3, 0.4) is 0 Å². The molecule has 1 nitrogen and oxygen atoms in total. The highest BCUT2D eigenvalue weighted by Crippen LogP contribution is 2.22. The van der Waals surface area contributed by atoms with Gasteiger partial charge in [-0.05, 0) is 32.6 Å². The van der Waals surface area contributed by atoms with Crippen LogP contribution in [0.25, 0.3) is 0 Å². The number of Topliss-reactive ketones (excluding diaryl/α,β-unsaturated/α-hetero) is 1. The number of hydrogen-bond donors (Lipinski definition) is 0. The van der Waals surface area contributed by atoms with Gasteiger partial charge in [0, 0.05) is 6.42 Å². The molecule has 0 amide bonds. The molecule has 1 aliphatic carbocycles. The van der Waals surface area contributed by atoms with Gasteiger partial charge in [-0.2, -0.15) is 0 Å². The van der Waals surface area contributed by atoms with E-state index in [0.717, 1.165) is 0 Å². The maximum atomic E-state index is 10.6. The first-order valence-electron chi connectivity index (χ1n) is 4.46. The van der Waals surface area contributed by atoms with E-state index in [0.29, 0.717) is 6.42 Å². The molecule has 11 heavy (non-hydrogen) atoms. The first kappa shape index (κ1) is 8.51. The lowest BCUT2D eigenvalue weighted by atomic mass is 9.94. The molecule has 62 valence electrons. The largest absolute Gasteiger partial charge is 0.300 e. The molecule has 0 N–H and O–H groups in total. The third-order valence-electron chi connectivity index (χ3n) is 2.17. The fourth-order valence-electron chi connectivity index (χ4n) is 1.50. The average Bonchev–Trinajstić information content (AvgIpc) is 2.03. The van der Waals surface area contributed by atoms with Crippen molar-refractivity contribution >= 4 is 5.78 Å². The summed E-state index contributed by atoms with van der Waals surface area (Å²) in [7, 11) is 0. The summed E-state index contributed by atoms with van der Waals surface area (Å²) in [6.07, 6.45) is 9.25. The minimum atomic E-state index is 0.281. The van der Waals surface area contributed by atoms with Gasteiger partial charge in [-0.25, -0.2) is 0 Å². The number of ketones is 1. The normalized spacial score (nSPS) is 18.1. The zero-order valence-electron chi connectivity index (χ0n) is 7.23. The first-order valence-corrected chi connectivity index (χ1v) is 4.46. The molecule has 0 aliphatic heterocycles. The SMILES string of the molecule is CC(=O)CC=C1CCCCC1. The topological polar surface area (TPSA) is 17.1 Å². The van der Waals surface area contributed by atoms with Gasteiger partial charge >= 0.3 is 0 Å². The quantitative estimate of drug-likeness (QED) is 0.556. The van der Waals surface area contributed by atoms with Crippen LogP contribution in [0.15, 0.2) is 11.6 Å². The molecule has 0 spiro atoms. The Hall–Kier alpha value is -0.590. The van der Waals surface area contributed by atoms with E-state index in [2.05, 4.69) is 6.08 Å². The molecule has 1 rings (SSSR count). The smallest absolute Gasteiger partial charge is 0.133 e. The summed E-state index contributed by atoms with van der Waals surface area (Å²) in [5.74, 6) is 0.281. The highest BCUT2D eigenvalue weighted by molar-refractivity contribution is 5.77. The Balaban J connectivity index is 2.32. The number of allylic oxidation sites excluding steroid dienone is 2. The molecule has 0 aromatic heterocycles. The second-order valence-corrected chi connectivity index (χ2v) is 3.33. The van der Waals surface area contributed by atoms with E-state index in [4.69, 9.17) is 0 Å². The molecule has 0 radical (unpaired) electrons. The third kappa shape index (κ3) is 3.35. The Bertz CT molecular complexity index is 160. The molecule has 0 aromatic rings. The minimum Gasteiger partial charge on any atom is -0.300 e. The van der Waals surface area contributed by atoms with E-state index in [1.165, 1.54) is 37.7 Å². The van der Waals surface area contributed by atoms with Crippen LogP contribution in [-0.4, -0.2) is 5.78 Å². The molecular weight excluding hydrogens is 136 g/mol. The van der Waals surface area contributed by atoms with Crippen LogP contribution in [0, 0.1) is 0 Å². The second kappa shape index (κ2) is 4.32. The maximum absolute atomic E-state index is 10.6. The monoisotopic (exact) mass is 152 g/mol. The summed E-state index contributed by atoms with van der Waals surface area (Å²) in [6.45, 7) is 1.65. The Morgan fingerprint density at radius 3 is 2.55 bits per heavy atom. The summed E-state index contributed by atoms with van der Waals surface area (Å²) in [6, 6.07) is 0. The molecule has 0 bridgehead atoms. The van der Waals surface area contributed by atoms with Crippen LogP contribution >= 0.6 is 0 Å². The number of carbonyl (C=O) groups is 1. The highest BCUT2D eigenvalue weighted by atomic mass is 16.1. The fourth-order valence-corrected chi connectivity index (χ4v) is 1.50. The van der Waals surface area contributed by atoms with Crippen molar-refractivity contribution in [2.75, 3.05) is 0 Å². The van der Waals surface area contributed by atoms with Gasteiger partial charge in [-0.1, -0.05) is 18.1 Å². The number of hydrogen-bond acceptors (Lipinski definition) is 1. The van der Waals surface area contributed by atoms with Crippen molar-refractivity contribution in [2.45, 2.75) is 45.4 Å². The zero-order valence-corrected chi connectivity index (χ0v) is 7.23.